The van der Waals surface area contributed by atoms with Crippen molar-refractivity contribution in [2.45, 2.75) is 26.9 Å². The first-order valence-corrected chi connectivity index (χ1v) is 4.73. The van der Waals surface area contributed by atoms with Crippen LogP contribution in [-0.2, 0) is 6.42 Å². The third-order valence-corrected chi connectivity index (χ3v) is 2.10. The minimum Gasteiger partial charge on any atom is -0.434 e. The Morgan fingerprint density at radius 1 is 1.44 bits per heavy atom. The van der Waals surface area contributed by atoms with Crippen molar-refractivity contribution < 1.29 is 22.7 Å². The van der Waals surface area contributed by atoms with Crippen LogP contribution in [0.15, 0.2) is 12.1 Å². The van der Waals surface area contributed by atoms with Crippen LogP contribution in [0.25, 0.3) is 0 Å². The summed E-state index contributed by atoms with van der Waals surface area (Å²) in [6.07, 6.45) is 0.367. The fourth-order valence-electron chi connectivity index (χ4n) is 1.50. The molecule has 0 aliphatic carbocycles. The largest absolute Gasteiger partial charge is 0.434 e. The number of alkyl halides is 2. The second kappa shape index (κ2) is 5.01. The maximum atomic E-state index is 13.1. The summed E-state index contributed by atoms with van der Waals surface area (Å²) < 4.78 is 41.4. The highest BCUT2D eigenvalue weighted by Crippen LogP contribution is 2.26. The number of ketones is 1. The average molecular weight is 232 g/mol. The lowest BCUT2D eigenvalue weighted by atomic mass is 10.0. The van der Waals surface area contributed by atoms with Crippen molar-refractivity contribution in [1.82, 2.24) is 0 Å². The molecule has 0 aromatic heterocycles. The van der Waals surface area contributed by atoms with Crippen molar-refractivity contribution >= 4 is 5.78 Å². The van der Waals surface area contributed by atoms with E-state index in [2.05, 4.69) is 4.74 Å². The van der Waals surface area contributed by atoms with Crippen LogP contribution in [-0.4, -0.2) is 12.4 Å². The molecule has 0 atom stereocenters. The van der Waals surface area contributed by atoms with Gasteiger partial charge in [0, 0.05) is 6.07 Å². The molecule has 0 fully saturated rings. The molecule has 0 spiro atoms. The highest BCUT2D eigenvalue weighted by atomic mass is 19.3. The van der Waals surface area contributed by atoms with E-state index in [-0.39, 0.29) is 5.56 Å². The Kier molecular flexibility index (Phi) is 3.93. The lowest BCUT2D eigenvalue weighted by Gasteiger charge is -2.12. The lowest BCUT2D eigenvalue weighted by molar-refractivity contribution is -0.0503. The number of hydrogen-bond donors (Lipinski definition) is 0. The van der Waals surface area contributed by atoms with E-state index >= 15 is 0 Å². The molecule has 2 nitrogen and oxygen atoms in total. The fourth-order valence-corrected chi connectivity index (χ4v) is 1.50. The van der Waals surface area contributed by atoms with E-state index in [0.717, 1.165) is 12.1 Å². The van der Waals surface area contributed by atoms with Gasteiger partial charge in [-0.3, -0.25) is 4.79 Å². The molecule has 88 valence electrons. The number of ether oxygens (including phenoxy) is 1. The molecule has 1 aromatic rings. The third-order valence-electron chi connectivity index (χ3n) is 2.10. The van der Waals surface area contributed by atoms with E-state index in [4.69, 9.17) is 0 Å². The molecule has 0 N–H and O–H groups in total. The minimum atomic E-state index is -3.08. The van der Waals surface area contributed by atoms with Crippen molar-refractivity contribution in [2.75, 3.05) is 0 Å². The fraction of sp³-hybridized carbons (Fsp3) is 0.364. The average Bonchev–Trinajstić information content (AvgIpc) is 2.14. The summed E-state index contributed by atoms with van der Waals surface area (Å²) in [5, 5.41) is 0. The van der Waals surface area contributed by atoms with Gasteiger partial charge in [-0.25, -0.2) is 4.39 Å². The number of Topliss-reactive ketones (excluding diaryl/α,β-unsaturated/α-hetero) is 1. The molecule has 0 bridgehead atoms. The molecule has 0 amide bonds. The quantitative estimate of drug-likeness (QED) is 0.745. The SMILES string of the molecule is CCc1cc(F)cc(OC(F)F)c1C(C)=O. The van der Waals surface area contributed by atoms with Crippen LogP contribution in [0, 0.1) is 5.82 Å². The molecule has 16 heavy (non-hydrogen) atoms. The van der Waals surface area contributed by atoms with Crippen molar-refractivity contribution in [3.63, 3.8) is 0 Å². The van der Waals surface area contributed by atoms with Gasteiger partial charge in [0.25, 0.3) is 0 Å². The molecule has 1 aromatic carbocycles. The van der Waals surface area contributed by atoms with E-state index in [1.54, 1.807) is 6.92 Å². The zero-order valence-electron chi connectivity index (χ0n) is 8.89. The number of carbonyl (C=O) groups is 1. The summed E-state index contributed by atoms with van der Waals surface area (Å²) in [6.45, 7) is -0.150. The molecule has 0 unspecified atom stereocenters. The highest BCUT2D eigenvalue weighted by Gasteiger charge is 2.18. The van der Waals surface area contributed by atoms with Crippen LogP contribution < -0.4 is 4.74 Å². The van der Waals surface area contributed by atoms with E-state index in [9.17, 15) is 18.0 Å². The highest BCUT2D eigenvalue weighted by molar-refractivity contribution is 5.98. The van der Waals surface area contributed by atoms with Gasteiger partial charge in [-0.05, 0) is 25.0 Å². The Bertz CT molecular complexity index is 402. The minimum absolute atomic E-state index is 0.0178. The smallest absolute Gasteiger partial charge is 0.387 e. The molecular formula is C11H11F3O2. The number of aryl methyl sites for hydroxylation is 1. The molecule has 0 heterocycles. The van der Waals surface area contributed by atoms with Gasteiger partial charge < -0.3 is 4.74 Å². The maximum absolute atomic E-state index is 13.1. The number of halogens is 3. The molecule has 0 aliphatic rings. The van der Waals surface area contributed by atoms with Crippen LogP contribution in [0.4, 0.5) is 13.2 Å². The van der Waals surface area contributed by atoms with E-state index in [1.807, 2.05) is 0 Å². The van der Waals surface area contributed by atoms with Crippen LogP contribution in [0.1, 0.15) is 29.8 Å². The Hall–Kier alpha value is -1.52. The van der Waals surface area contributed by atoms with Gasteiger partial charge >= 0.3 is 6.61 Å². The van der Waals surface area contributed by atoms with E-state index in [0.29, 0.717) is 12.0 Å². The molecule has 0 radical (unpaired) electrons. The van der Waals surface area contributed by atoms with Crippen LogP contribution in [0.2, 0.25) is 0 Å². The Balaban J connectivity index is 3.32. The first kappa shape index (κ1) is 12.5. The normalized spacial score (nSPS) is 10.6. The number of benzene rings is 1. The summed E-state index contributed by atoms with van der Waals surface area (Å²) in [5.74, 6) is -1.52. The van der Waals surface area contributed by atoms with Crippen molar-refractivity contribution in [2.24, 2.45) is 0 Å². The second-order valence-electron chi connectivity index (χ2n) is 3.23. The van der Waals surface area contributed by atoms with Gasteiger partial charge in [0.05, 0.1) is 5.56 Å². The van der Waals surface area contributed by atoms with Crippen LogP contribution >= 0.6 is 0 Å². The summed E-state index contributed by atoms with van der Waals surface area (Å²) >= 11 is 0. The van der Waals surface area contributed by atoms with Crippen molar-refractivity contribution in [1.29, 1.82) is 0 Å². The molecule has 1 rings (SSSR count). The van der Waals surface area contributed by atoms with Gasteiger partial charge in [-0.15, -0.1) is 0 Å². The van der Waals surface area contributed by atoms with Crippen molar-refractivity contribution in [3.05, 3.63) is 29.1 Å². The number of rotatable bonds is 4. The monoisotopic (exact) mass is 232 g/mol. The predicted molar refractivity (Wildman–Crippen MR) is 52.4 cm³/mol. The van der Waals surface area contributed by atoms with Crippen LogP contribution in [0.3, 0.4) is 0 Å². The van der Waals surface area contributed by atoms with E-state index < -0.39 is 24.0 Å². The van der Waals surface area contributed by atoms with Crippen LogP contribution in [0.5, 0.6) is 5.75 Å². The zero-order chi connectivity index (χ0) is 12.3. The molecule has 5 heteroatoms. The second-order valence-corrected chi connectivity index (χ2v) is 3.23. The molecular weight excluding hydrogens is 221 g/mol. The van der Waals surface area contributed by atoms with Gasteiger partial charge in [0.2, 0.25) is 0 Å². The summed E-state index contributed by atoms with van der Waals surface area (Å²) in [5.41, 5.74) is 0.382. The van der Waals surface area contributed by atoms with E-state index in [1.165, 1.54) is 6.92 Å². The Labute approximate surface area is 91.0 Å². The first-order chi connectivity index (χ1) is 7.45. The lowest BCUT2D eigenvalue weighted by Crippen LogP contribution is -2.09. The molecule has 0 aliphatic heterocycles. The van der Waals surface area contributed by atoms with Gasteiger partial charge in [-0.1, -0.05) is 6.92 Å². The summed E-state index contributed by atoms with van der Waals surface area (Å²) in [4.78, 5) is 11.3. The Morgan fingerprint density at radius 2 is 2.06 bits per heavy atom. The topological polar surface area (TPSA) is 26.3 Å². The maximum Gasteiger partial charge on any atom is 0.387 e. The number of hydrogen-bond acceptors (Lipinski definition) is 2. The predicted octanol–water partition coefficient (Wildman–Crippen LogP) is 3.19. The van der Waals surface area contributed by atoms with Gasteiger partial charge in [0.1, 0.15) is 11.6 Å². The zero-order valence-corrected chi connectivity index (χ0v) is 8.89. The van der Waals surface area contributed by atoms with Crippen molar-refractivity contribution in [3.8, 4) is 5.75 Å². The first-order valence-electron chi connectivity index (χ1n) is 4.73. The van der Waals surface area contributed by atoms with Gasteiger partial charge in [0.15, 0.2) is 5.78 Å². The molecule has 0 saturated carbocycles. The summed E-state index contributed by atoms with van der Waals surface area (Å²) in [7, 11) is 0. The third kappa shape index (κ3) is 2.74. The summed E-state index contributed by atoms with van der Waals surface area (Å²) in [6, 6.07) is 1.94. The molecule has 0 saturated heterocycles. The number of carbonyl (C=O) groups excluding carboxylic acids is 1. The van der Waals surface area contributed by atoms with Gasteiger partial charge in [-0.2, -0.15) is 8.78 Å². The standard InChI is InChI=1S/C11H11F3O2/c1-3-7-4-8(12)5-9(16-11(13)14)10(7)6(2)15/h4-5,11H,3H2,1-2H3. The Morgan fingerprint density at radius 3 is 2.50 bits per heavy atom.